The van der Waals surface area contributed by atoms with E-state index in [1.807, 2.05) is 0 Å². The number of methoxy groups -OCH3 is 2. The van der Waals surface area contributed by atoms with Crippen LogP contribution in [0.4, 0.5) is 5.69 Å². The lowest BCUT2D eigenvalue weighted by Crippen LogP contribution is -2.20. The van der Waals surface area contributed by atoms with Crippen molar-refractivity contribution in [2.24, 2.45) is 0 Å². The molecule has 2 rings (SSSR count). The first-order chi connectivity index (χ1) is 11.6. The molecule has 2 aromatic rings. The Labute approximate surface area is 140 Å². The molecule has 0 unspecified atom stereocenters. The number of nitrogens with one attached hydrogen (secondary N) is 1. The number of anilines is 1. The summed E-state index contributed by atoms with van der Waals surface area (Å²) in [6.07, 6.45) is 0.203. The molecule has 0 aromatic heterocycles. The number of benzene rings is 2. The number of hydrogen-bond donors (Lipinski definition) is 1. The Bertz CT molecular complexity index is 680. The maximum atomic E-state index is 11.9. The number of carbonyl (C=O) groups excluding carboxylic acids is 2. The van der Waals surface area contributed by atoms with Crippen LogP contribution in [0.3, 0.4) is 0 Å². The number of esters is 1. The highest BCUT2D eigenvalue weighted by molar-refractivity contribution is 5.91. The molecule has 0 atom stereocenters. The summed E-state index contributed by atoms with van der Waals surface area (Å²) < 4.78 is 15.1. The summed E-state index contributed by atoms with van der Waals surface area (Å²) in [7, 11) is 2.93. The average Bonchev–Trinajstić information content (AvgIpc) is 2.61. The summed E-state index contributed by atoms with van der Waals surface area (Å²) in [5.74, 6) is 0.700. The standard InChI is InChI=1S/C18H19NO5/c1-22-15-9-5-14(6-10-15)19-17(20)12-24-16-7-3-13(4-8-16)11-18(21)23-2/h3-10H,11-12H2,1-2H3,(H,19,20). The molecule has 1 N–H and O–H groups in total. The quantitative estimate of drug-likeness (QED) is 0.790. The van der Waals surface area contributed by atoms with E-state index in [-0.39, 0.29) is 24.9 Å². The number of ether oxygens (including phenoxy) is 3. The van der Waals surface area contributed by atoms with Crippen LogP contribution in [0.1, 0.15) is 5.56 Å². The van der Waals surface area contributed by atoms with Crippen LogP contribution in [0.5, 0.6) is 11.5 Å². The third kappa shape index (κ3) is 5.31. The maximum absolute atomic E-state index is 11.9. The third-order valence-corrected chi connectivity index (χ3v) is 3.24. The van der Waals surface area contributed by atoms with Crippen molar-refractivity contribution < 1.29 is 23.8 Å². The Hall–Kier alpha value is -3.02. The summed E-state index contributed by atoms with van der Waals surface area (Å²) in [4.78, 5) is 23.0. The molecule has 0 saturated carbocycles. The Morgan fingerprint density at radius 1 is 0.917 bits per heavy atom. The second kappa shape index (κ2) is 8.57. The van der Waals surface area contributed by atoms with E-state index in [4.69, 9.17) is 9.47 Å². The molecule has 0 fully saturated rings. The van der Waals surface area contributed by atoms with Gasteiger partial charge in [0.1, 0.15) is 11.5 Å². The fourth-order valence-corrected chi connectivity index (χ4v) is 1.96. The highest BCUT2D eigenvalue weighted by Crippen LogP contribution is 2.16. The molecule has 0 saturated heterocycles. The molecule has 0 heterocycles. The minimum atomic E-state index is -0.303. The van der Waals surface area contributed by atoms with Crippen LogP contribution in [0, 0.1) is 0 Å². The van der Waals surface area contributed by atoms with Crippen LogP contribution in [-0.4, -0.2) is 32.7 Å². The van der Waals surface area contributed by atoms with Crippen molar-refractivity contribution in [1.82, 2.24) is 0 Å². The first-order valence-corrected chi connectivity index (χ1v) is 7.33. The van der Waals surface area contributed by atoms with Gasteiger partial charge in [-0.05, 0) is 42.0 Å². The second-order valence-electron chi connectivity index (χ2n) is 4.96. The van der Waals surface area contributed by atoms with Gasteiger partial charge in [0.25, 0.3) is 5.91 Å². The molecular weight excluding hydrogens is 310 g/mol. The zero-order valence-corrected chi connectivity index (χ0v) is 13.6. The van der Waals surface area contributed by atoms with Crippen molar-refractivity contribution in [3.63, 3.8) is 0 Å². The summed E-state index contributed by atoms with van der Waals surface area (Å²) in [6, 6.07) is 13.9. The minimum absolute atomic E-state index is 0.109. The fourth-order valence-electron chi connectivity index (χ4n) is 1.96. The Morgan fingerprint density at radius 3 is 2.12 bits per heavy atom. The average molecular weight is 329 g/mol. The molecule has 126 valence electrons. The Kier molecular flexibility index (Phi) is 6.19. The smallest absolute Gasteiger partial charge is 0.309 e. The van der Waals surface area contributed by atoms with E-state index in [0.717, 1.165) is 11.3 Å². The van der Waals surface area contributed by atoms with Crippen LogP contribution < -0.4 is 14.8 Å². The number of hydrogen-bond acceptors (Lipinski definition) is 5. The van der Waals surface area contributed by atoms with E-state index >= 15 is 0 Å². The van der Waals surface area contributed by atoms with E-state index in [0.29, 0.717) is 11.4 Å². The third-order valence-electron chi connectivity index (χ3n) is 3.24. The molecule has 0 radical (unpaired) electrons. The predicted molar refractivity (Wildman–Crippen MR) is 89.3 cm³/mol. The van der Waals surface area contributed by atoms with Crippen molar-refractivity contribution in [1.29, 1.82) is 0 Å². The Morgan fingerprint density at radius 2 is 1.54 bits per heavy atom. The fraction of sp³-hybridized carbons (Fsp3) is 0.222. The van der Waals surface area contributed by atoms with Crippen molar-refractivity contribution >= 4 is 17.6 Å². The van der Waals surface area contributed by atoms with Gasteiger partial charge in [-0.25, -0.2) is 0 Å². The molecule has 0 spiro atoms. The summed E-state index contributed by atoms with van der Waals surface area (Å²) >= 11 is 0. The van der Waals surface area contributed by atoms with Crippen molar-refractivity contribution in [3.05, 3.63) is 54.1 Å². The molecule has 0 aliphatic rings. The van der Waals surface area contributed by atoms with Gasteiger partial charge in [0, 0.05) is 5.69 Å². The van der Waals surface area contributed by atoms with E-state index < -0.39 is 0 Å². The number of carbonyl (C=O) groups is 2. The highest BCUT2D eigenvalue weighted by atomic mass is 16.5. The van der Waals surface area contributed by atoms with Gasteiger partial charge in [0.2, 0.25) is 0 Å². The van der Waals surface area contributed by atoms with Gasteiger partial charge in [0.05, 0.1) is 20.6 Å². The molecular formula is C18H19NO5. The van der Waals surface area contributed by atoms with Crippen molar-refractivity contribution in [2.75, 3.05) is 26.1 Å². The first-order valence-electron chi connectivity index (χ1n) is 7.33. The van der Waals surface area contributed by atoms with E-state index in [1.54, 1.807) is 55.6 Å². The summed E-state index contributed by atoms with van der Waals surface area (Å²) in [6.45, 7) is -0.109. The van der Waals surface area contributed by atoms with Gasteiger partial charge in [-0.15, -0.1) is 0 Å². The molecule has 0 aliphatic carbocycles. The van der Waals surface area contributed by atoms with E-state index in [2.05, 4.69) is 10.1 Å². The number of rotatable bonds is 7. The predicted octanol–water partition coefficient (Wildman–Crippen LogP) is 2.43. The second-order valence-corrected chi connectivity index (χ2v) is 4.96. The van der Waals surface area contributed by atoms with Crippen molar-refractivity contribution in [2.45, 2.75) is 6.42 Å². The Balaban J connectivity index is 1.81. The molecule has 1 amide bonds. The monoisotopic (exact) mass is 329 g/mol. The van der Waals surface area contributed by atoms with Gasteiger partial charge in [-0.2, -0.15) is 0 Å². The topological polar surface area (TPSA) is 73.9 Å². The molecule has 24 heavy (non-hydrogen) atoms. The van der Waals surface area contributed by atoms with Crippen LogP contribution in [0.2, 0.25) is 0 Å². The minimum Gasteiger partial charge on any atom is -0.497 e. The van der Waals surface area contributed by atoms with Gasteiger partial charge >= 0.3 is 5.97 Å². The van der Waals surface area contributed by atoms with Crippen LogP contribution in [-0.2, 0) is 20.7 Å². The first kappa shape index (κ1) is 17.3. The molecule has 0 bridgehead atoms. The SMILES string of the molecule is COC(=O)Cc1ccc(OCC(=O)Nc2ccc(OC)cc2)cc1. The van der Waals surface area contributed by atoms with Crippen LogP contribution in [0.15, 0.2) is 48.5 Å². The largest absolute Gasteiger partial charge is 0.497 e. The van der Waals surface area contributed by atoms with Crippen LogP contribution in [0.25, 0.3) is 0 Å². The lowest BCUT2D eigenvalue weighted by atomic mass is 10.1. The zero-order chi connectivity index (χ0) is 17.4. The summed E-state index contributed by atoms with van der Waals surface area (Å²) in [5, 5.41) is 2.73. The molecule has 6 heteroatoms. The van der Waals surface area contributed by atoms with Gasteiger partial charge < -0.3 is 19.5 Å². The van der Waals surface area contributed by atoms with Gasteiger partial charge in [0.15, 0.2) is 6.61 Å². The normalized spacial score (nSPS) is 9.92. The molecule has 6 nitrogen and oxygen atoms in total. The lowest BCUT2D eigenvalue weighted by Gasteiger charge is -2.08. The zero-order valence-electron chi connectivity index (χ0n) is 13.6. The van der Waals surface area contributed by atoms with Gasteiger partial charge in [-0.1, -0.05) is 12.1 Å². The van der Waals surface area contributed by atoms with Crippen molar-refractivity contribution in [3.8, 4) is 11.5 Å². The highest BCUT2D eigenvalue weighted by Gasteiger charge is 2.06. The summed E-state index contributed by atoms with van der Waals surface area (Å²) in [5.41, 5.74) is 1.48. The molecule has 0 aliphatic heterocycles. The van der Waals surface area contributed by atoms with Gasteiger partial charge in [-0.3, -0.25) is 9.59 Å². The van der Waals surface area contributed by atoms with E-state index in [9.17, 15) is 9.59 Å². The molecule has 2 aromatic carbocycles. The number of amides is 1. The maximum Gasteiger partial charge on any atom is 0.309 e. The lowest BCUT2D eigenvalue weighted by molar-refractivity contribution is -0.139. The van der Waals surface area contributed by atoms with Crippen LogP contribution >= 0.6 is 0 Å². The van der Waals surface area contributed by atoms with E-state index in [1.165, 1.54) is 7.11 Å².